The number of nitrogens with zero attached hydrogens (tertiary/aromatic N) is 2. The molecule has 5 rings (SSSR count). The average Bonchev–Trinajstić information content (AvgIpc) is 3.40. The molecule has 0 unspecified atom stereocenters. The second-order valence-electron chi connectivity index (χ2n) is 8.45. The minimum Gasteiger partial charge on any atom is -0.395 e. The lowest BCUT2D eigenvalue weighted by Crippen LogP contribution is -2.31. The van der Waals surface area contributed by atoms with Crippen molar-refractivity contribution in [3.8, 4) is 11.1 Å². The van der Waals surface area contributed by atoms with Crippen molar-refractivity contribution in [3.05, 3.63) is 60.1 Å². The largest absolute Gasteiger partial charge is 0.395 e. The Morgan fingerprint density at radius 2 is 2.00 bits per heavy atom. The van der Waals surface area contributed by atoms with E-state index in [1.54, 1.807) is 0 Å². The van der Waals surface area contributed by atoms with Crippen LogP contribution in [-0.2, 0) is 6.54 Å². The fourth-order valence-electron chi connectivity index (χ4n) is 4.84. The molecule has 0 spiro atoms. The Morgan fingerprint density at radius 1 is 1.07 bits per heavy atom. The third-order valence-electron chi connectivity index (χ3n) is 6.47. The summed E-state index contributed by atoms with van der Waals surface area (Å²) in [5, 5.41) is 10.8. The average molecular weight is 388 g/mol. The zero-order valence-electron chi connectivity index (χ0n) is 16.9. The van der Waals surface area contributed by atoms with E-state index in [0.717, 1.165) is 31.6 Å². The molecule has 1 fully saturated rings. The molecule has 2 aromatic heterocycles. The Morgan fingerprint density at radius 3 is 2.86 bits per heavy atom. The van der Waals surface area contributed by atoms with Crippen LogP contribution in [0.15, 0.2) is 48.7 Å². The summed E-state index contributed by atoms with van der Waals surface area (Å²) < 4.78 is 0. The number of aromatic nitrogens is 2. The van der Waals surface area contributed by atoms with Crippen LogP contribution < -0.4 is 0 Å². The van der Waals surface area contributed by atoms with Crippen molar-refractivity contribution in [2.45, 2.75) is 51.1 Å². The van der Waals surface area contributed by atoms with E-state index in [1.165, 1.54) is 59.0 Å². The second kappa shape index (κ2) is 8.13. The molecule has 0 saturated carbocycles. The number of benzene rings is 1. The van der Waals surface area contributed by atoms with Gasteiger partial charge in [0.15, 0.2) is 0 Å². The molecule has 0 amide bonds. The Hall–Kier alpha value is -2.43. The molecule has 1 aliphatic carbocycles. The summed E-state index contributed by atoms with van der Waals surface area (Å²) in [6, 6.07) is 13.6. The number of likely N-dealkylation sites (tertiary alicyclic amines) is 1. The van der Waals surface area contributed by atoms with Gasteiger partial charge in [0.2, 0.25) is 0 Å². The highest BCUT2D eigenvalue weighted by atomic mass is 16.3. The molecule has 2 N–H and O–H groups in total. The smallest absolute Gasteiger partial charge is 0.0664 e. The van der Waals surface area contributed by atoms with Crippen molar-refractivity contribution in [2.24, 2.45) is 0 Å². The third-order valence-corrected chi connectivity index (χ3v) is 6.47. The number of fused-ring (bicyclic) bond motifs is 1. The van der Waals surface area contributed by atoms with Crippen LogP contribution in [0.3, 0.4) is 0 Å². The summed E-state index contributed by atoms with van der Waals surface area (Å²) in [6.45, 7) is 2.20. The molecule has 4 nitrogen and oxygen atoms in total. The van der Waals surface area contributed by atoms with E-state index in [1.807, 2.05) is 6.20 Å². The lowest BCUT2D eigenvalue weighted by Gasteiger charge is -2.21. The van der Waals surface area contributed by atoms with Crippen molar-refractivity contribution >= 4 is 16.5 Å². The monoisotopic (exact) mass is 387 g/mol. The van der Waals surface area contributed by atoms with Gasteiger partial charge in [-0.1, -0.05) is 12.1 Å². The van der Waals surface area contributed by atoms with Gasteiger partial charge < -0.3 is 10.1 Å². The molecule has 150 valence electrons. The van der Waals surface area contributed by atoms with Gasteiger partial charge in [0.25, 0.3) is 0 Å². The zero-order chi connectivity index (χ0) is 19.6. The fraction of sp³-hybridized carbons (Fsp3) is 0.400. The number of allylic oxidation sites excluding steroid dienone is 2. The highest BCUT2D eigenvalue weighted by molar-refractivity contribution is 5.86. The van der Waals surface area contributed by atoms with Crippen LogP contribution in [0.5, 0.6) is 0 Å². The SMILES string of the molecule is OC[C@H]1CCCN1Cc1cc2cc(-c3ccnc(C4=CCCCC4)c3)ccc2[nH]1. The molecular weight excluding hydrogens is 358 g/mol. The lowest BCUT2D eigenvalue weighted by atomic mass is 9.95. The first-order valence-electron chi connectivity index (χ1n) is 10.9. The lowest BCUT2D eigenvalue weighted by molar-refractivity contribution is 0.152. The van der Waals surface area contributed by atoms with Gasteiger partial charge in [-0.05, 0) is 92.1 Å². The summed E-state index contributed by atoms with van der Waals surface area (Å²) >= 11 is 0. The Balaban J connectivity index is 1.41. The van der Waals surface area contributed by atoms with Gasteiger partial charge in [0.1, 0.15) is 0 Å². The number of pyridine rings is 1. The van der Waals surface area contributed by atoms with E-state index < -0.39 is 0 Å². The molecule has 1 atom stereocenters. The van der Waals surface area contributed by atoms with Gasteiger partial charge in [-0.3, -0.25) is 9.88 Å². The number of aliphatic hydroxyl groups excluding tert-OH is 1. The number of rotatable bonds is 5. The number of aliphatic hydroxyl groups is 1. The van der Waals surface area contributed by atoms with Crippen LogP contribution in [0.2, 0.25) is 0 Å². The topological polar surface area (TPSA) is 52.1 Å². The number of aromatic amines is 1. The number of hydrogen-bond acceptors (Lipinski definition) is 3. The standard InChI is InChI=1S/C25H29N3O/c29-17-23-7-4-12-28(23)16-22-14-21-13-19(8-9-24(21)27-22)20-10-11-26-25(15-20)18-5-2-1-3-6-18/h5,8-11,13-15,23,27,29H,1-4,6-7,12,16-17H2/t23-/m1/s1. The predicted molar refractivity (Wildman–Crippen MR) is 118 cm³/mol. The molecular formula is C25H29N3O. The highest BCUT2D eigenvalue weighted by Gasteiger charge is 2.24. The third kappa shape index (κ3) is 3.87. The first kappa shape index (κ1) is 18.6. The number of hydrogen-bond donors (Lipinski definition) is 2. The van der Waals surface area contributed by atoms with Gasteiger partial charge in [0.05, 0.1) is 12.3 Å². The van der Waals surface area contributed by atoms with Crippen LogP contribution >= 0.6 is 0 Å². The molecule has 0 bridgehead atoms. The van der Waals surface area contributed by atoms with E-state index in [9.17, 15) is 5.11 Å². The van der Waals surface area contributed by atoms with Crippen molar-refractivity contribution in [3.63, 3.8) is 0 Å². The van der Waals surface area contributed by atoms with Crippen LogP contribution in [0.1, 0.15) is 49.9 Å². The maximum Gasteiger partial charge on any atom is 0.0664 e. The van der Waals surface area contributed by atoms with E-state index >= 15 is 0 Å². The number of nitrogens with one attached hydrogen (secondary N) is 1. The molecule has 29 heavy (non-hydrogen) atoms. The Bertz CT molecular complexity index is 1040. The summed E-state index contributed by atoms with van der Waals surface area (Å²) in [5.41, 5.74) is 7.38. The quantitative estimate of drug-likeness (QED) is 0.637. The highest BCUT2D eigenvalue weighted by Crippen LogP contribution is 2.30. The van der Waals surface area contributed by atoms with Crippen LogP contribution in [0, 0.1) is 0 Å². The van der Waals surface area contributed by atoms with E-state index in [2.05, 4.69) is 57.3 Å². The molecule has 1 saturated heterocycles. The summed E-state index contributed by atoms with van der Waals surface area (Å²) in [5.74, 6) is 0. The van der Waals surface area contributed by atoms with E-state index in [0.29, 0.717) is 6.04 Å². The van der Waals surface area contributed by atoms with Gasteiger partial charge in [-0.25, -0.2) is 0 Å². The molecule has 1 aliphatic heterocycles. The number of H-pyrrole nitrogens is 1. The minimum atomic E-state index is 0.255. The molecule has 2 aliphatic rings. The van der Waals surface area contributed by atoms with Crippen LogP contribution in [-0.4, -0.2) is 39.2 Å². The van der Waals surface area contributed by atoms with Crippen molar-refractivity contribution < 1.29 is 5.11 Å². The first-order valence-corrected chi connectivity index (χ1v) is 10.9. The van der Waals surface area contributed by atoms with Crippen molar-refractivity contribution in [1.82, 2.24) is 14.9 Å². The minimum absolute atomic E-state index is 0.255. The summed E-state index contributed by atoms with van der Waals surface area (Å²) in [7, 11) is 0. The van der Waals surface area contributed by atoms with E-state index in [4.69, 9.17) is 0 Å². The molecule has 3 heterocycles. The molecule has 4 heteroatoms. The molecule has 0 radical (unpaired) electrons. The van der Waals surface area contributed by atoms with Gasteiger partial charge in [-0.15, -0.1) is 0 Å². The Labute approximate surface area is 172 Å². The maximum absolute atomic E-state index is 9.57. The van der Waals surface area contributed by atoms with Gasteiger partial charge >= 0.3 is 0 Å². The predicted octanol–water partition coefficient (Wildman–Crippen LogP) is 5.14. The fourth-order valence-corrected chi connectivity index (χ4v) is 4.84. The molecule has 1 aromatic carbocycles. The first-order chi connectivity index (χ1) is 14.3. The maximum atomic E-state index is 9.57. The van der Waals surface area contributed by atoms with Crippen LogP contribution in [0.25, 0.3) is 27.6 Å². The molecule has 3 aromatic rings. The van der Waals surface area contributed by atoms with Crippen LogP contribution in [0.4, 0.5) is 0 Å². The zero-order valence-corrected chi connectivity index (χ0v) is 16.9. The summed E-state index contributed by atoms with van der Waals surface area (Å²) in [6.07, 6.45) is 11.5. The van der Waals surface area contributed by atoms with Gasteiger partial charge in [-0.2, -0.15) is 0 Å². The normalized spacial score (nSPS) is 20.3. The van der Waals surface area contributed by atoms with Gasteiger partial charge in [0, 0.05) is 35.4 Å². The second-order valence-corrected chi connectivity index (χ2v) is 8.45. The Kier molecular flexibility index (Phi) is 5.21. The van der Waals surface area contributed by atoms with Crippen molar-refractivity contribution in [2.75, 3.05) is 13.2 Å². The van der Waals surface area contributed by atoms with Crippen molar-refractivity contribution in [1.29, 1.82) is 0 Å². The summed E-state index contributed by atoms with van der Waals surface area (Å²) in [4.78, 5) is 10.6. The van der Waals surface area contributed by atoms with E-state index in [-0.39, 0.29) is 6.61 Å².